The van der Waals surface area contributed by atoms with Gasteiger partial charge in [-0.2, -0.15) is 0 Å². The molecule has 2 N–H and O–H groups in total. The molecule has 2 rings (SSSR count). The van der Waals surface area contributed by atoms with Crippen molar-refractivity contribution in [1.29, 1.82) is 0 Å². The molecule has 2 aromatic rings. The zero-order valence-electron chi connectivity index (χ0n) is 10.6. The summed E-state index contributed by atoms with van der Waals surface area (Å²) in [5, 5.41) is 0.142. The van der Waals surface area contributed by atoms with Gasteiger partial charge in [0.2, 0.25) is 0 Å². The normalized spacial score (nSPS) is 12.4. The molecule has 0 amide bonds. The maximum Gasteiger partial charge on any atom is 0.145 e. The molecule has 0 saturated carbocycles. The van der Waals surface area contributed by atoms with Gasteiger partial charge in [-0.15, -0.1) is 11.8 Å². The Morgan fingerprint density at radius 3 is 2.68 bits per heavy atom. The second-order valence-corrected chi connectivity index (χ2v) is 5.52. The number of rotatable bonds is 4. The monoisotopic (exact) mass is 295 g/mol. The van der Waals surface area contributed by atoms with Crippen LogP contribution in [0.25, 0.3) is 0 Å². The van der Waals surface area contributed by atoms with Crippen molar-refractivity contribution in [2.45, 2.75) is 17.4 Å². The van der Waals surface area contributed by atoms with Crippen LogP contribution >= 0.6 is 23.4 Å². The molecular formula is C15H15ClFNS. The molecule has 4 heteroatoms. The highest BCUT2D eigenvalue weighted by atomic mass is 35.5. The lowest BCUT2D eigenvalue weighted by atomic mass is 9.99. The van der Waals surface area contributed by atoms with Gasteiger partial charge in [0, 0.05) is 10.9 Å². The first-order chi connectivity index (χ1) is 9.13. The summed E-state index contributed by atoms with van der Waals surface area (Å²) in [6.07, 6.45) is 2.44. The molecule has 0 spiro atoms. The van der Waals surface area contributed by atoms with E-state index in [2.05, 4.69) is 0 Å². The summed E-state index contributed by atoms with van der Waals surface area (Å²) in [5.74, 6) is -0.374. The molecule has 0 saturated heterocycles. The van der Waals surface area contributed by atoms with Crippen LogP contribution in [-0.4, -0.2) is 6.26 Å². The van der Waals surface area contributed by atoms with E-state index in [1.165, 1.54) is 0 Å². The van der Waals surface area contributed by atoms with E-state index >= 15 is 0 Å². The predicted octanol–water partition coefficient (Wildman–Crippen LogP) is 4.44. The van der Waals surface area contributed by atoms with Crippen molar-refractivity contribution >= 4 is 23.4 Å². The molecule has 0 aliphatic carbocycles. The molecule has 0 heterocycles. The fraction of sp³-hybridized carbons (Fsp3) is 0.200. The molecule has 19 heavy (non-hydrogen) atoms. The van der Waals surface area contributed by atoms with Crippen LogP contribution in [0.3, 0.4) is 0 Å². The zero-order chi connectivity index (χ0) is 13.8. The first-order valence-corrected chi connectivity index (χ1v) is 7.55. The minimum absolute atomic E-state index is 0.142. The van der Waals surface area contributed by atoms with Gasteiger partial charge < -0.3 is 5.73 Å². The van der Waals surface area contributed by atoms with E-state index in [1.807, 2.05) is 30.5 Å². The number of thioether (sulfide) groups is 1. The van der Waals surface area contributed by atoms with Gasteiger partial charge in [0.15, 0.2) is 0 Å². The third kappa shape index (κ3) is 3.30. The van der Waals surface area contributed by atoms with Crippen molar-refractivity contribution in [3.8, 4) is 0 Å². The lowest BCUT2D eigenvalue weighted by Crippen LogP contribution is -2.15. The van der Waals surface area contributed by atoms with Crippen molar-refractivity contribution in [2.75, 3.05) is 6.26 Å². The van der Waals surface area contributed by atoms with Crippen LogP contribution in [0.2, 0.25) is 5.02 Å². The Labute approximate surface area is 122 Å². The molecular weight excluding hydrogens is 281 g/mol. The van der Waals surface area contributed by atoms with Gasteiger partial charge in [0.1, 0.15) is 5.82 Å². The smallest absolute Gasteiger partial charge is 0.145 e. The minimum Gasteiger partial charge on any atom is -0.324 e. The van der Waals surface area contributed by atoms with Gasteiger partial charge in [-0.3, -0.25) is 0 Å². The molecule has 1 unspecified atom stereocenters. The highest BCUT2D eigenvalue weighted by Crippen LogP contribution is 2.28. The Hall–Kier alpha value is -1.03. The topological polar surface area (TPSA) is 26.0 Å². The third-order valence-corrected chi connectivity index (χ3v) is 4.11. The molecule has 0 fully saturated rings. The van der Waals surface area contributed by atoms with Gasteiger partial charge in [0.25, 0.3) is 0 Å². The number of hydrogen-bond acceptors (Lipinski definition) is 2. The molecule has 1 atom stereocenters. The molecule has 1 nitrogen and oxygen atoms in total. The average Bonchev–Trinajstić information content (AvgIpc) is 2.43. The Balaban J connectivity index is 2.26. The Bertz CT molecular complexity index is 574. The average molecular weight is 296 g/mol. The van der Waals surface area contributed by atoms with Crippen LogP contribution in [0.5, 0.6) is 0 Å². The van der Waals surface area contributed by atoms with Crippen LogP contribution in [0.15, 0.2) is 47.4 Å². The van der Waals surface area contributed by atoms with Crippen molar-refractivity contribution in [2.24, 2.45) is 5.73 Å². The second-order valence-electron chi connectivity index (χ2n) is 4.27. The van der Waals surface area contributed by atoms with Crippen LogP contribution in [0.4, 0.5) is 4.39 Å². The predicted molar refractivity (Wildman–Crippen MR) is 80.3 cm³/mol. The maximum atomic E-state index is 13.9. The molecule has 2 aromatic carbocycles. The lowest BCUT2D eigenvalue weighted by Gasteiger charge is -2.16. The lowest BCUT2D eigenvalue weighted by molar-refractivity contribution is 0.592. The summed E-state index contributed by atoms with van der Waals surface area (Å²) in [5.41, 5.74) is 7.79. The number of halogens is 2. The van der Waals surface area contributed by atoms with Crippen LogP contribution < -0.4 is 5.73 Å². The van der Waals surface area contributed by atoms with Gasteiger partial charge >= 0.3 is 0 Å². The highest BCUT2D eigenvalue weighted by molar-refractivity contribution is 7.98. The molecule has 0 bridgehead atoms. The Kier molecular flexibility index (Phi) is 4.86. The van der Waals surface area contributed by atoms with Gasteiger partial charge in [0.05, 0.1) is 5.02 Å². The largest absolute Gasteiger partial charge is 0.324 e. The molecule has 0 radical (unpaired) electrons. The summed E-state index contributed by atoms with van der Waals surface area (Å²) in [4.78, 5) is 1.12. The zero-order valence-corrected chi connectivity index (χ0v) is 12.1. The minimum atomic E-state index is -0.374. The molecule has 0 aliphatic rings. The maximum absolute atomic E-state index is 13.9. The van der Waals surface area contributed by atoms with E-state index in [1.54, 1.807) is 30.0 Å². The summed E-state index contributed by atoms with van der Waals surface area (Å²) in [6, 6.07) is 12.7. The quantitative estimate of drug-likeness (QED) is 0.844. The summed E-state index contributed by atoms with van der Waals surface area (Å²) in [7, 11) is 0. The van der Waals surface area contributed by atoms with Crippen LogP contribution in [0.1, 0.15) is 17.2 Å². The first kappa shape index (κ1) is 14.4. The van der Waals surface area contributed by atoms with Crippen molar-refractivity contribution in [1.82, 2.24) is 0 Å². The SMILES string of the molecule is CSc1ccccc1C(N)Cc1cccc(Cl)c1F. The van der Waals surface area contributed by atoms with E-state index in [9.17, 15) is 4.39 Å². The number of benzene rings is 2. The number of nitrogens with two attached hydrogens (primary N) is 1. The summed E-state index contributed by atoms with van der Waals surface area (Å²) < 4.78 is 13.9. The Morgan fingerprint density at radius 2 is 1.95 bits per heavy atom. The van der Waals surface area contributed by atoms with Gasteiger partial charge in [-0.25, -0.2) is 4.39 Å². The van der Waals surface area contributed by atoms with E-state index in [4.69, 9.17) is 17.3 Å². The van der Waals surface area contributed by atoms with E-state index < -0.39 is 0 Å². The third-order valence-electron chi connectivity index (χ3n) is 3.01. The second kappa shape index (κ2) is 6.42. The summed E-state index contributed by atoms with van der Waals surface area (Å²) in [6.45, 7) is 0. The number of hydrogen-bond donors (Lipinski definition) is 1. The standard InChI is InChI=1S/C15H15ClFNS/c1-19-14-8-3-2-6-11(14)13(18)9-10-5-4-7-12(16)15(10)17/h2-8,13H,9,18H2,1H3. The van der Waals surface area contributed by atoms with Crippen molar-refractivity contribution in [3.05, 3.63) is 64.4 Å². The highest BCUT2D eigenvalue weighted by Gasteiger charge is 2.14. The molecule has 0 aromatic heterocycles. The fourth-order valence-corrected chi connectivity index (χ4v) is 2.89. The van der Waals surface area contributed by atoms with Crippen LogP contribution in [-0.2, 0) is 6.42 Å². The van der Waals surface area contributed by atoms with Crippen LogP contribution in [0, 0.1) is 5.82 Å². The van der Waals surface area contributed by atoms with E-state index in [0.717, 1.165) is 10.5 Å². The van der Waals surface area contributed by atoms with Gasteiger partial charge in [-0.1, -0.05) is 41.9 Å². The summed E-state index contributed by atoms with van der Waals surface area (Å²) >= 11 is 7.42. The Morgan fingerprint density at radius 1 is 1.21 bits per heavy atom. The van der Waals surface area contributed by atoms with Gasteiger partial charge in [-0.05, 0) is 35.9 Å². The van der Waals surface area contributed by atoms with E-state index in [0.29, 0.717) is 12.0 Å². The fourth-order valence-electron chi connectivity index (χ4n) is 2.03. The molecule has 100 valence electrons. The molecule has 0 aliphatic heterocycles. The van der Waals surface area contributed by atoms with Crippen molar-refractivity contribution in [3.63, 3.8) is 0 Å². The van der Waals surface area contributed by atoms with E-state index in [-0.39, 0.29) is 16.9 Å². The first-order valence-electron chi connectivity index (χ1n) is 5.95. The van der Waals surface area contributed by atoms with Crippen molar-refractivity contribution < 1.29 is 4.39 Å².